The third-order valence-electron chi connectivity index (χ3n) is 2.85. The van der Waals surface area contributed by atoms with Gasteiger partial charge in [0.2, 0.25) is 0 Å². The van der Waals surface area contributed by atoms with Crippen molar-refractivity contribution in [2.75, 3.05) is 7.11 Å². The molecule has 1 aromatic heterocycles. The summed E-state index contributed by atoms with van der Waals surface area (Å²) in [6, 6.07) is 2.31. The summed E-state index contributed by atoms with van der Waals surface area (Å²) in [4.78, 5) is 8.60. The van der Waals surface area contributed by atoms with Crippen LogP contribution in [0.2, 0.25) is 5.02 Å². The fourth-order valence-electron chi connectivity index (χ4n) is 1.70. The number of nitrogens with zero attached hydrogens (tertiary/aromatic N) is 2. The van der Waals surface area contributed by atoms with Crippen molar-refractivity contribution in [2.45, 2.75) is 20.8 Å². The second-order valence-corrected chi connectivity index (χ2v) is 4.21. The molecule has 0 bridgehead atoms. The van der Waals surface area contributed by atoms with E-state index in [1.54, 1.807) is 7.11 Å². The number of rotatable bonds is 1. The normalized spacial score (nSPS) is 10.8. The van der Waals surface area contributed by atoms with Gasteiger partial charge in [0.05, 0.1) is 18.3 Å². The number of fused-ring (bicyclic) bond motifs is 1. The zero-order valence-electron chi connectivity index (χ0n) is 9.76. The molecule has 2 aromatic rings. The highest BCUT2D eigenvalue weighted by atomic mass is 35.5. The number of methoxy groups -OCH3 is 1. The smallest absolute Gasteiger partial charge is 0.316 e. The summed E-state index contributed by atoms with van der Waals surface area (Å²) in [6.45, 7) is 5.92. The molecule has 4 heteroatoms. The molecule has 2 rings (SSSR count). The molecule has 1 heterocycles. The monoisotopic (exact) mass is 236 g/mol. The Balaban J connectivity index is 2.90. The highest BCUT2D eigenvalue weighted by Gasteiger charge is 2.11. The molecule has 0 N–H and O–H groups in total. The van der Waals surface area contributed by atoms with E-state index in [0.717, 1.165) is 32.7 Å². The Labute approximate surface area is 99.4 Å². The van der Waals surface area contributed by atoms with Gasteiger partial charge >= 0.3 is 6.01 Å². The number of aryl methyl sites for hydroxylation is 2. The van der Waals surface area contributed by atoms with Crippen molar-refractivity contribution in [3.8, 4) is 6.01 Å². The number of hydrogen-bond acceptors (Lipinski definition) is 3. The Morgan fingerprint density at radius 3 is 2.44 bits per heavy atom. The van der Waals surface area contributed by atoms with Crippen LogP contribution in [0.25, 0.3) is 10.9 Å². The van der Waals surface area contributed by atoms with Crippen molar-refractivity contribution >= 4 is 22.5 Å². The van der Waals surface area contributed by atoms with E-state index >= 15 is 0 Å². The number of benzene rings is 1. The van der Waals surface area contributed by atoms with E-state index in [4.69, 9.17) is 16.3 Å². The zero-order chi connectivity index (χ0) is 11.9. The number of aromatic nitrogens is 2. The Bertz CT molecular complexity index is 567. The minimum atomic E-state index is 0.398. The quantitative estimate of drug-likeness (QED) is 0.763. The molecule has 3 nitrogen and oxygen atoms in total. The summed E-state index contributed by atoms with van der Waals surface area (Å²) in [5.74, 6) is 0. The van der Waals surface area contributed by atoms with Gasteiger partial charge < -0.3 is 4.74 Å². The highest BCUT2D eigenvalue weighted by Crippen LogP contribution is 2.29. The van der Waals surface area contributed by atoms with E-state index in [1.807, 2.05) is 26.8 Å². The molecule has 0 spiro atoms. The molecule has 0 amide bonds. The van der Waals surface area contributed by atoms with Crippen molar-refractivity contribution in [1.82, 2.24) is 9.97 Å². The van der Waals surface area contributed by atoms with E-state index in [9.17, 15) is 0 Å². The summed E-state index contributed by atoms with van der Waals surface area (Å²) in [6.07, 6.45) is 0. The van der Waals surface area contributed by atoms with Crippen LogP contribution in [0.4, 0.5) is 0 Å². The molecule has 16 heavy (non-hydrogen) atoms. The van der Waals surface area contributed by atoms with Gasteiger partial charge in [0.15, 0.2) is 0 Å². The Hall–Kier alpha value is -1.35. The van der Waals surface area contributed by atoms with Gasteiger partial charge in [-0.25, -0.2) is 0 Å². The largest absolute Gasteiger partial charge is 0.467 e. The van der Waals surface area contributed by atoms with Crippen LogP contribution < -0.4 is 4.74 Å². The molecule has 0 aliphatic rings. The zero-order valence-corrected chi connectivity index (χ0v) is 10.5. The summed E-state index contributed by atoms with van der Waals surface area (Å²) in [7, 11) is 1.57. The van der Waals surface area contributed by atoms with Gasteiger partial charge in [0.1, 0.15) is 0 Å². The van der Waals surface area contributed by atoms with E-state index in [2.05, 4.69) is 9.97 Å². The van der Waals surface area contributed by atoms with E-state index in [1.165, 1.54) is 0 Å². The Kier molecular flexibility index (Phi) is 2.72. The van der Waals surface area contributed by atoms with E-state index < -0.39 is 0 Å². The first kappa shape index (κ1) is 11.1. The van der Waals surface area contributed by atoms with Crippen LogP contribution >= 0.6 is 11.6 Å². The lowest BCUT2D eigenvalue weighted by Gasteiger charge is -2.10. The first-order valence-corrected chi connectivity index (χ1v) is 5.40. The SMILES string of the molecule is COc1nc(C)c2cc(Cl)c(C)c(C)c2n1. The van der Waals surface area contributed by atoms with Crippen molar-refractivity contribution in [3.05, 3.63) is 27.9 Å². The van der Waals surface area contributed by atoms with Crippen LogP contribution in [-0.4, -0.2) is 17.1 Å². The van der Waals surface area contributed by atoms with Gasteiger partial charge in [-0.2, -0.15) is 9.97 Å². The van der Waals surface area contributed by atoms with Crippen molar-refractivity contribution in [2.24, 2.45) is 0 Å². The summed E-state index contributed by atoms with van der Waals surface area (Å²) in [5, 5.41) is 1.73. The molecule has 0 aliphatic heterocycles. The summed E-state index contributed by atoms with van der Waals surface area (Å²) >= 11 is 6.15. The van der Waals surface area contributed by atoms with Crippen molar-refractivity contribution in [1.29, 1.82) is 0 Å². The predicted molar refractivity (Wildman–Crippen MR) is 65.3 cm³/mol. The fourth-order valence-corrected chi connectivity index (χ4v) is 1.95. The lowest BCUT2D eigenvalue weighted by molar-refractivity contribution is 0.381. The lowest BCUT2D eigenvalue weighted by Crippen LogP contribution is -1.98. The van der Waals surface area contributed by atoms with Crippen LogP contribution in [0, 0.1) is 20.8 Å². The third-order valence-corrected chi connectivity index (χ3v) is 3.24. The molecule has 1 aromatic carbocycles. The maximum absolute atomic E-state index is 6.15. The topological polar surface area (TPSA) is 35.0 Å². The average Bonchev–Trinajstić information content (AvgIpc) is 2.27. The van der Waals surface area contributed by atoms with Crippen LogP contribution in [0.3, 0.4) is 0 Å². The molecule has 0 saturated heterocycles. The van der Waals surface area contributed by atoms with Gasteiger partial charge in [0.25, 0.3) is 0 Å². The lowest BCUT2D eigenvalue weighted by atomic mass is 10.0. The third kappa shape index (κ3) is 1.61. The first-order valence-electron chi connectivity index (χ1n) is 5.02. The molecule has 0 atom stereocenters. The minimum absolute atomic E-state index is 0.398. The number of ether oxygens (including phenoxy) is 1. The second kappa shape index (κ2) is 3.91. The molecular weight excluding hydrogens is 224 g/mol. The van der Waals surface area contributed by atoms with Gasteiger partial charge in [-0.15, -0.1) is 0 Å². The van der Waals surface area contributed by atoms with E-state index in [0.29, 0.717) is 6.01 Å². The van der Waals surface area contributed by atoms with Crippen LogP contribution in [0.5, 0.6) is 6.01 Å². The standard InChI is InChI=1S/C12H13ClN2O/c1-6-7(2)11-9(5-10(6)13)8(3)14-12(15-11)16-4/h5H,1-4H3. The van der Waals surface area contributed by atoms with Crippen LogP contribution in [0.15, 0.2) is 6.07 Å². The average molecular weight is 237 g/mol. The highest BCUT2D eigenvalue weighted by molar-refractivity contribution is 6.32. The molecule has 0 unspecified atom stereocenters. The number of halogens is 1. The maximum atomic E-state index is 6.15. The van der Waals surface area contributed by atoms with Gasteiger partial charge in [-0.1, -0.05) is 11.6 Å². The predicted octanol–water partition coefficient (Wildman–Crippen LogP) is 3.22. The maximum Gasteiger partial charge on any atom is 0.316 e. The fraction of sp³-hybridized carbons (Fsp3) is 0.333. The first-order chi connectivity index (χ1) is 7.54. The number of hydrogen-bond donors (Lipinski definition) is 0. The van der Waals surface area contributed by atoms with Gasteiger partial charge in [-0.3, -0.25) is 0 Å². The molecule has 0 saturated carbocycles. The van der Waals surface area contributed by atoms with Crippen molar-refractivity contribution < 1.29 is 4.74 Å². The summed E-state index contributed by atoms with van der Waals surface area (Å²) < 4.78 is 5.07. The minimum Gasteiger partial charge on any atom is -0.467 e. The van der Waals surface area contributed by atoms with Gasteiger partial charge in [0, 0.05) is 10.4 Å². The molecule has 0 radical (unpaired) electrons. The van der Waals surface area contributed by atoms with Crippen LogP contribution in [-0.2, 0) is 0 Å². The van der Waals surface area contributed by atoms with Crippen LogP contribution in [0.1, 0.15) is 16.8 Å². The Morgan fingerprint density at radius 2 is 1.81 bits per heavy atom. The molecule has 0 aliphatic carbocycles. The Morgan fingerprint density at radius 1 is 1.12 bits per heavy atom. The second-order valence-electron chi connectivity index (χ2n) is 3.80. The molecular formula is C12H13ClN2O. The molecule has 84 valence electrons. The molecule has 0 fully saturated rings. The van der Waals surface area contributed by atoms with Gasteiger partial charge in [-0.05, 0) is 38.0 Å². The van der Waals surface area contributed by atoms with E-state index in [-0.39, 0.29) is 0 Å². The summed E-state index contributed by atoms with van der Waals surface area (Å²) in [5.41, 5.74) is 3.92. The van der Waals surface area contributed by atoms with Crippen molar-refractivity contribution in [3.63, 3.8) is 0 Å².